The van der Waals surface area contributed by atoms with Gasteiger partial charge in [0.1, 0.15) is 0 Å². The first-order chi connectivity index (χ1) is 8.29. The van der Waals surface area contributed by atoms with Gasteiger partial charge in [-0.3, -0.25) is 4.79 Å². The Morgan fingerprint density at radius 1 is 1.28 bits per heavy atom. The number of aromatic amines is 1. The average molecular weight is 268 g/mol. The van der Waals surface area contributed by atoms with Crippen LogP contribution in [0.5, 0.6) is 0 Å². The molecule has 0 bridgehead atoms. The van der Waals surface area contributed by atoms with E-state index in [1.165, 1.54) is 12.1 Å². The molecular formula is C10H8N2O5S. The number of rotatable bonds is 2. The number of carboxylic acids is 1. The second-order valence-corrected chi connectivity index (χ2v) is 5.17. The van der Waals surface area contributed by atoms with E-state index in [0.717, 1.165) is 12.1 Å². The molecule has 4 N–H and O–H groups in total. The predicted molar refractivity (Wildman–Crippen MR) is 62.9 cm³/mol. The minimum atomic E-state index is -3.93. The molecule has 1 aromatic carbocycles. The van der Waals surface area contributed by atoms with E-state index in [1.54, 1.807) is 0 Å². The van der Waals surface area contributed by atoms with Gasteiger partial charge in [-0.2, -0.15) is 0 Å². The molecule has 7 nitrogen and oxygen atoms in total. The van der Waals surface area contributed by atoms with Gasteiger partial charge in [0, 0.05) is 17.0 Å². The van der Waals surface area contributed by atoms with Gasteiger partial charge in [0.2, 0.25) is 15.6 Å². The fourth-order valence-electron chi connectivity index (χ4n) is 1.59. The maximum atomic E-state index is 11.2. The molecule has 2 aromatic rings. The number of aromatic carboxylic acids is 1. The van der Waals surface area contributed by atoms with E-state index in [-0.39, 0.29) is 21.4 Å². The third kappa shape index (κ3) is 2.11. The zero-order valence-electron chi connectivity index (χ0n) is 8.88. The number of aromatic nitrogens is 1. The normalized spacial score (nSPS) is 11.6. The molecule has 0 radical (unpaired) electrons. The number of pyridine rings is 1. The Morgan fingerprint density at radius 3 is 2.50 bits per heavy atom. The highest BCUT2D eigenvalue weighted by atomic mass is 32.2. The van der Waals surface area contributed by atoms with Gasteiger partial charge in [-0.1, -0.05) is 0 Å². The lowest BCUT2D eigenvalue weighted by atomic mass is 10.1. The summed E-state index contributed by atoms with van der Waals surface area (Å²) in [7, 11) is -3.93. The highest BCUT2D eigenvalue weighted by molar-refractivity contribution is 7.89. The molecule has 0 atom stereocenters. The summed E-state index contributed by atoms with van der Waals surface area (Å²) in [5.74, 6) is -1.32. The van der Waals surface area contributed by atoms with Crippen molar-refractivity contribution >= 4 is 26.9 Å². The fraction of sp³-hybridized carbons (Fsp3) is 0. The lowest BCUT2D eigenvalue weighted by Crippen LogP contribution is -2.14. The Balaban J connectivity index is 2.92. The van der Waals surface area contributed by atoms with Crippen molar-refractivity contribution in [1.29, 1.82) is 0 Å². The van der Waals surface area contributed by atoms with Crippen LogP contribution in [0.4, 0.5) is 0 Å². The molecule has 0 saturated carbocycles. The Morgan fingerprint density at radius 2 is 1.94 bits per heavy atom. The van der Waals surface area contributed by atoms with Crippen molar-refractivity contribution in [1.82, 2.24) is 4.98 Å². The SMILES string of the molecule is NS(=O)(=O)c1ccc2[nH]c(=O)cc(C(=O)O)c2c1. The van der Waals surface area contributed by atoms with Gasteiger partial charge in [-0.25, -0.2) is 18.4 Å². The summed E-state index contributed by atoms with van der Waals surface area (Å²) in [4.78, 5) is 24.4. The lowest BCUT2D eigenvalue weighted by molar-refractivity contribution is 0.0699. The summed E-state index contributed by atoms with van der Waals surface area (Å²) < 4.78 is 22.4. The largest absolute Gasteiger partial charge is 0.478 e. The number of benzene rings is 1. The monoisotopic (exact) mass is 268 g/mol. The second kappa shape index (κ2) is 3.93. The maximum Gasteiger partial charge on any atom is 0.336 e. The number of hydrogen-bond acceptors (Lipinski definition) is 4. The van der Waals surface area contributed by atoms with Crippen molar-refractivity contribution in [2.24, 2.45) is 5.14 Å². The van der Waals surface area contributed by atoms with Crippen LogP contribution in [0.25, 0.3) is 10.9 Å². The highest BCUT2D eigenvalue weighted by Crippen LogP contribution is 2.19. The van der Waals surface area contributed by atoms with Gasteiger partial charge in [0.15, 0.2) is 0 Å². The minimum absolute atomic E-state index is 0.105. The van der Waals surface area contributed by atoms with E-state index in [1.807, 2.05) is 0 Å². The topological polar surface area (TPSA) is 130 Å². The molecule has 0 fully saturated rings. The minimum Gasteiger partial charge on any atom is -0.478 e. The quantitative estimate of drug-likeness (QED) is 0.698. The molecular weight excluding hydrogens is 260 g/mol. The highest BCUT2D eigenvalue weighted by Gasteiger charge is 2.14. The van der Waals surface area contributed by atoms with Gasteiger partial charge in [0.25, 0.3) is 0 Å². The summed E-state index contributed by atoms with van der Waals surface area (Å²) >= 11 is 0. The molecule has 0 aliphatic rings. The number of sulfonamides is 1. The van der Waals surface area contributed by atoms with Gasteiger partial charge < -0.3 is 10.1 Å². The van der Waals surface area contributed by atoms with Crippen LogP contribution in [-0.4, -0.2) is 24.5 Å². The first-order valence-corrected chi connectivity index (χ1v) is 6.27. The van der Waals surface area contributed by atoms with Crippen molar-refractivity contribution in [3.63, 3.8) is 0 Å². The number of H-pyrrole nitrogens is 1. The second-order valence-electron chi connectivity index (χ2n) is 3.60. The Bertz CT molecular complexity index is 807. The van der Waals surface area contributed by atoms with Crippen LogP contribution in [0, 0.1) is 0 Å². The molecule has 0 amide bonds. The van der Waals surface area contributed by atoms with Gasteiger partial charge in [-0.15, -0.1) is 0 Å². The number of carboxylic acid groups (broad SMARTS) is 1. The molecule has 0 aliphatic heterocycles. The molecule has 8 heteroatoms. The number of fused-ring (bicyclic) bond motifs is 1. The first-order valence-electron chi connectivity index (χ1n) is 4.72. The van der Waals surface area contributed by atoms with E-state index < -0.39 is 21.6 Å². The zero-order chi connectivity index (χ0) is 13.5. The van der Waals surface area contributed by atoms with Crippen molar-refractivity contribution < 1.29 is 18.3 Å². The number of nitrogens with two attached hydrogens (primary N) is 1. The van der Waals surface area contributed by atoms with E-state index in [0.29, 0.717) is 0 Å². The van der Waals surface area contributed by atoms with E-state index in [2.05, 4.69) is 4.98 Å². The first kappa shape index (κ1) is 12.3. The smallest absolute Gasteiger partial charge is 0.336 e. The van der Waals surface area contributed by atoms with Gasteiger partial charge >= 0.3 is 5.97 Å². The number of carbonyl (C=O) groups is 1. The molecule has 18 heavy (non-hydrogen) atoms. The summed E-state index contributed by atoms with van der Waals surface area (Å²) in [5, 5.41) is 14.0. The standard InChI is InChI=1S/C10H8N2O5S/c11-18(16,17)5-1-2-8-6(3-5)7(10(14)15)4-9(13)12-8/h1-4H,(H,12,13)(H,14,15)(H2,11,16,17). The fourth-order valence-corrected chi connectivity index (χ4v) is 2.13. The van der Waals surface area contributed by atoms with Crippen LogP contribution < -0.4 is 10.7 Å². The van der Waals surface area contributed by atoms with Crippen LogP contribution >= 0.6 is 0 Å². The molecule has 1 heterocycles. The number of hydrogen-bond donors (Lipinski definition) is 3. The lowest BCUT2D eigenvalue weighted by Gasteiger charge is -2.04. The van der Waals surface area contributed by atoms with E-state index in [9.17, 15) is 18.0 Å². The Labute approximate surface area is 101 Å². The zero-order valence-corrected chi connectivity index (χ0v) is 9.69. The van der Waals surface area contributed by atoms with E-state index >= 15 is 0 Å². The van der Waals surface area contributed by atoms with Crippen LogP contribution in [0.3, 0.4) is 0 Å². The molecule has 0 unspecified atom stereocenters. The Hall–Kier alpha value is -2.19. The molecule has 94 valence electrons. The summed E-state index contributed by atoms with van der Waals surface area (Å²) in [6.45, 7) is 0. The van der Waals surface area contributed by atoms with Crippen LogP contribution in [0.1, 0.15) is 10.4 Å². The molecule has 0 aliphatic carbocycles. The molecule has 0 spiro atoms. The summed E-state index contributed by atoms with van der Waals surface area (Å²) in [6.07, 6.45) is 0. The van der Waals surface area contributed by atoms with Crippen molar-refractivity contribution in [2.45, 2.75) is 4.90 Å². The summed E-state index contributed by atoms with van der Waals surface area (Å²) in [5.41, 5.74) is -0.630. The van der Waals surface area contributed by atoms with Crippen LogP contribution in [0.15, 0.2) is 34.0 Å². The predicted octanol–water partition coefficient (Wildman–Crippen LogP) is -0.126. The van der Waals surface area contributed by atoms with Crippen LogP contribution in [0.2, 0.25) is 0 Å². The number of primary sulfonamides is 1. The van der Waals surface area contributed by atoms with Gasteiger partial charge in [0.05, 0.1) is 10.5 Å². The van der Waals surface area contributed by atoms with Crippen molar-refractivity contribution in [3.8, 4) is 0 Å². The molecule has 2 rings (SSSR count). The summed E-state index contributed by atoms with van der Waals surface area (Å²) in [6, 6.07) is 4.49. The number of nitrogens with one attached hydrogen (secondary N) is 1. The van der Waals surface area contributed by atoms with Gasteiger partial charge in [-0.05, 0) is 18.2 Å². The van der Waals surface area contributed by atoms with Crippen molar-refractivity contribution in [2.75, 3.05) is 0 Å². The maximum absolute atomic E-state index is 11.2. The van der Waals surface area contributed by atoms with E-state index in [4.69, 9.17) is 10.2 Å². The van der Waals surface area contributed by atoms with Crippen molar-refractivity contribution in [3.05, 3.63) is 40.2 Å². The van der Waals surface area contributed by atoms with Crippen LogP contribution in [-0.2, 0) is 10.0 Å². The average Bonchev–Trinajstić information content (AvgIpc) is 2.25. The third-order valence-corrected chi connectivity index (χ3v) is 3.28. The molecule has 1 aromatic heterocycles. The molecule has 0 saturated heterocycles. The third-order valence-electron chi connectivity index (χ3n) is 2.37. The Kier molecular flexibility index (Phi) is 2.68.